The number of carbonyl (C=O) groups is 1. The van der Waals surface area contributed by atoms with Gasteiger partial charge in [-0.2, -0.15) is 4.98 Å². The van der Waals surface area contributed by atoms with E-state index in [1.807, 2.05) is 6.07 Å². The Balaban J connectivity index is 1.74. The van der Waals surface area contributed by atoms with Crippen LogP contribution in [0, 0.1) is 0 Å². The number of anilines is 1. The molecule has 0 bridgehead atoms. The van der Waals surface area contributed by atoms with Crippen LogP contribution in [0.3, 0.4) is 0 Å². The van der Waals surface area contributed by atoms with Crippen molar-refractivity contribution in [3.63, 3.8) is 0 Å². The number of aromatic amines is 1. The number of carbonyl (C=O) groups excluding carboxylic acids is 1. The van der Waals surface area contributed by atoms with Crippen molar-refractivity contribution < 1.29 is 9.90 Å². The molecule has 1 atom stereocenters. The molecule has 6 nitrogen and oxygen atoms in total. The lowest BCUT2D eigenvalue weighted by Gasteiger charge is -2.12. The first-order valence-electron chi connectivity index (χ1n) is 8.06. The highest BCUT2D eigenvalue weighted by molar-refractivity contribution is 8.00. The van der Waals surface area contributed by atoms with Gasteiger partial charge in [0.05, 0.1) is 5.25 Å². The summed E-state index contributed by atoms with van der Waals surface area (Å²) in [6.07, 6.45) is 0. The standard InChI is InChI=1S/C19H16ClN3O3S/c1-11(16(24)21-14-9-7-13(20)8-10-14)27-19-22-17(25)15(18(26)23-19)12-5-3-2-4-6-12/h2-11H,1H3,(H,21,24)(H2,22,23,25,26)/t11-/m1/s1. The highest BCUT2D eigenvalue weighted by Gasteiger charge is 2.19. The number of H-pyrrole nitrogens is 1. The maximum absolute atomic E-state index is 12.4. The van der Waals surface area contributed by atoms with E-state index in [4.69, 9.17) is 11.6 Å². The van der Waals surface area contributed by atoms with E-state index in [1.54, 1.807) is 55.5 Å². The maximum Gasteiger partial charge on any atom is 0.263 e. The summed E-state index contributed by atoms with van der Waals surface area (Å²) in [7, 11) is 0. The topological polar surface area (TPSA) is 95.1 Å². The summed E-state index contributed by atoms with van der Waals surface area (Å²) in [5.74, 6) is -0.644. The Morgan fingerprint density at radius 1 is 1.19 bits per heavy atom. The SMILES string of the molecule is C[C@@H](Sc1nc(O)c(-c2ccccc2)c(=O)[nH]1)C(=O)Nc1ccc(Cl)cc1. The molecule has 0 radical (unpaired) electrons. The van der Waals surface area contributed by atoms with Crippen molar-refractivity contribution in [1.29, 1.82) is 0 Å². The Morgan fingerprint density at radius 3 is 2.48 bits per heavy atom. The van der Waals surface area contributed by atoms with Crippen LogP contribution in [-0.2, 0) is 4.79 Å². The minimum atomic E-state index is -0.550. The van der Waals surface area contributed by atoms with Gasteiger partial charge < -0.3 is 15.4 Å². The fourth-order valence-corrected chi connectivity index (χ4v) is 3.28. The van der Waals surface area contributed by atoms with Crippen molar-refractivity contribution in [2.45, 2.75) is 17.3 Å². The Labute approximate surface area is 164 Å². The second kappa shape index (κ2) is 8.28. The molecule has 3 rings (SSSR count). The predicted molar refractivity (Wildman–Crippen MR) is 107 cm³/mol. The smallest absolute Gasteiger partial charge is 0.263 e. The highest BCUT2D eigenvalue weighted by Crippen LogP contribution is 2.27. The number of hydrogen-bond acceptors (Lipinski definition) is 5. The molecule has 0 spiro atoms. The largest absolute Gasteiger partial charge is 0.493 e. The Bertz CT molecular complexity index is 1010. The quantitative estimate of drug-likeness (QED) is 0.445. The van der Waals surface area contributed by atoms with Crippen LogP contribution >= 0.6 is 23.4 Å². The van der Waals surface area contributed by atoms with Crippen molar-refractivity contribution >= 4 is 35.0 Å². The van der Waals surface area contributed by atoms with E-state index in [1.165, 1.54) is 0 Å². The summed E-state index contributed by atoms with van der Waals surface area (Å²) in [6.45, 7) is 1.68. The van der Waals surface area contributed by atoms with Gasteiger partial charge >= 0.3 is 0 Å². The Kier molecular flexibility index (Phi) is 5.83. The summed E-state index contributed by atoms with van der Waals surface area (Å²) < 4.78 is 0. The summed E-state index contributed by atoms with van der Waals surface area (Å²) in [5, 5.41) is 13.1. The number of amides is 1. The minimum absolute atomic E-state index is 0.0956. The number of aromatic nitrogens is 2. The number of halogens is 1. The molecule has 3 N–H and O–H groups in total. The van der Waals surface area contributed by atoms with E-state index < -0.39 is 10.8 Å². The van der Waals surface area contributed by atoms with E-state index in [0.29, 0.717) is 16.3 Å². The van der Waals surface area contributed by atoms with Crippen LogP contribution in [0.25, 0.3) is 11.1 Å². The van der Waals surface area contributed by atoms with Gasteiger partial charge in [0, 0.05) is 10.7 Å². The van der Waals surface area contributed by atoms with E-state index in [2.05, 4.69) is 15.3 Å². The molecule has 3 aromatic rings. The second-order valence-electron chi connectivity index (χ2n) is 5.69. The predicted octanol–water partition coefficient (Wildman–Crippen LogP) is 3.92. The number of benzene rings is 2. The molecule has 0 unspecified atom stereocenters. The first-order valence-corrected chi connectivity index (χ1v) is 9.31. The maximum atomic E-state index is 12.4. The summed E-state index contributed by atoms with van der Waals surface area (Å²) in [6, 6.07) is 15.5. The monoisotopic (exact) mass is 401 g/mol. The van der Waals surface area contributed by atoms with Gasteiger partial charge in [-0.3, -0.25) is 9.59 Å². The molecule has 0 aliphatic carbocycles. The molecule has 1 heterocycles. The van der Waals surface area contributed by atoms with Crippen LogP contribution in [0.1, 0.15) is 6.92 Å². The van der Waals surface area contributed by atoms with Gasteiger partial charge in [0.25, 0.3) is 5.56 Å². The van der Waals surface area contributed by atoms with Crippen molar-refractivity contribution in [1.82, 2.24) is 9.97 Å². The lowest BCUT2D eigenvalue weighted by molar-refractivity contribution is -0.115. The molecule has 27 heavy (non-hydrogen) atoms. The average molecular weight is 402 g/mol. The molecule has 8 heteroatoms. The molecule has 2 aromatic carbocycles. The van der Waals surface area contributed by atoms with E-state index in [-0.39, 0.29) is 22.5 Å². The highest BCUT2D eigenvalue weighted by atomic mass is 35.5. The lowest BCUT2D eigenvalue weighted by atomic mass is 10.1. The summed E-state index contributed by atoms with van der Waals surface area (Å²) in [4.78, 5) is 31.3. The van der Waals surface area contributed by atoms with Gasteiger partial charge in [-0.05, 0) is 36.8 Å². The van der Waals surface area contributed by atoms with Crippen molar-refractivity contribution in [3.05, 3.63) is 70.0 Å². The minimum Gasteiger partial charge on any atom is -0.493 e. The first-order chi connectivity index (χ1) is 12.9. The molecule has 0 fully saturated rings. The molecule has 138 valence electrons. The summed E-state index contributed by atoms with van der Waals surface area (Å²) >= 11 is 6.86. The third kappa shape index (κ3) is 4.69. The molecule has 0 saturated carbocycles. The molecular weight excluding hydrogens is 386 g/mol. The lowest BCUT2D eigenvalue weighted by Crippen LogP contribution is -2.23. The molecule has 1 aromatic heterocycles. The van der Waals surface area contributed by atoms with Gasteiger partial charge in [-0.1, -0.05) is 53.7 Å². The first kappa shape index (κ1) is 19.0. The zero-order chi connectivity index (χ0) is 19.4. The third-order valence-electron chi connectivity index (χ3n) is 3.71. The summed E-state index contributed by atoms with van der Waals surface area (Å²) in [5.41, 5.74) is 0.800. The van der Waals surface area contributed by atoms with Crippen LogP contribution < -0.4 is 10.9 Å². The molecule has 0 saturated heterocycles. The van der Waals surface area contributed by atoms with E-state index >= 15 is 0 Å². The van der Waals surface area contributed by atoms with Gasteiger partial charge in [0.15, 0.2) is 5.16 Å². The zero-order valence-electron chi connectivity index (χ0n) is 14.3. The van der Waals surface area contributed by atoms with Crippen LogP contribution in [-0.4, -0.2) is 26.2 Å². The number of nitrogens with one attached hydrogen (secondary N) is 2. The molecule has 0 aliphatic heterocycles. The molecule has 0 aliphatic rings. The average Bonchev–Trinajstić information content (AvgIpc) is 2.64. The number of rotatable bonds is 5. The fourth-order valence-electron chi connectivity index (χ4n) is 2.36. The van der Waals surface area contributed by atoms with Gasteiger partial charge in [0.1, 0.15) is 5.56 Å². The van der Waals surface area contributed by atoms with Gasteiger partial charge in [-0.15, -0.1) is 0 Å². The van der Waals surface area contributed by atoms with Gasteiger partial charge in [-0.25, -0.2) is 0 Å². The van der Waals surface area contributed by atoms with E-state index in [0.717, 1.165) is 11.8 Å². The van der Waals surface area contributed by atoms with E-state index in [9.17, 15) is 14.7 Å². The third-order valence-corrected chi connectivity index (χ3v) is 4.95. The molecule has 1 amide bonds. The van der Waals surface area contributed by atoms with Crippen molar-refractivity contribution in [2.24, 2.45) is 0 Å². The van der Waals surface area contributed by atoms with Crippen molar-refractivity contribution in [3.8, 4) is 17.0 Å². The normalized spacial score (nSPS) is 11.8. The van der Waals surface area contributed by atoms with Crippen LogP contribution in [0.4, 0.5) is 5.69 Å². The number of thioether (sulfide) groups is 1. The number of aromatic hydroxyl groups is 1. The Morgan fingerprint density at radius 2 is 1.85 bits per heavy atom. The molecular formula is C19H16ClN3O3S. The van der Waals surface area contributed by atoms with Crippen LogP contribution in [0.15, 0.2) is 64.5 Å². The van der Waals surface area contributed by atoms with Crippen molar-refractivity contribution in [2.75, 3.05) is 5.32 Å². The van der Waals surface area contributed by atoms with Crippen LogP contribution in [0.2, 0.25) is 5.02 Å². The fraction of sp³-hybridized carbons (Fsp3) is 0.105. The van der Waals surface area contributed by atoms with Crippen LogP contribution in [0.5, 0.6) is 5.88 Å². The van der Waals surface area contributed by atoms with Gasteiger partial charge in [0.2, 0.25) is 11.8 Å². The second-order valence-corrected chi connectivity index (χ2v) is 7.46. The zero-order valence-corrected chi connectivity index (χ0v) is 15.8. The Hall–Kier alpha value is -2.77. The number of hydrogen-bond donors (Lipinski definition) is 3. The number of nitrogens with zero attached hydrogens (tertiary/aromatic N) is 1.